The van der Waals surface area contributed by atoms with E-state index in [-0.39, 0.29) is 18.6 Å². The van der Waals surface area contributed by atoms with Crippen LogP contribution < -0.4 is 15.4 Å². The van der Waals surface area contributed by atoms with Crippen LogP contribution in [0.15, 0.2) is 36.5 Å². The van der Waals surface area contributed by atoms with Crippen molar-refractivity contribution in [2.45, 2.75) is 13.0 Å². The number of halogens is 1. The van der Waals surface area contributed by atoms with Crippen molar-refractivity contribution in [2.75, 3.05) is 17.2 Å². The highest BCUT2D eigenvalue weighted by Crippen LogP contribution is 2.32. The third-order valence-electron chi connectivity index (χ3n) is 3.27. The minimum Gasteiger partial charge on any atom is -0.482 e. The van der Waals surface area contributed by atoms with E-state index in [0.29, 0.717) is 16.6 Å². The van der Waals surface area contributed by atoms with E-state index in [4.69, 9.17) is 16.3 Å². The first-order chi connectivity index (χ1) is 10.1. The molecule has 1 aromatic carbocycles. The summed E-state index contributed by atoms with van der Waals surface area (Å²) >= 11 is 6.04. The Balaban J connectivity index is 1.82. The fourth-order valence-electron chi connectivity index (χ4n) is 2.18. The number of rotatable bonds is 3. The van der Waals surface area contributed by atoms with Crippen LogP contribution in [0.1, 0.15) is 18.5 Å². The predicted octanol–water partition coefficient (Wildman–Crippen LogP) is 3.24. The van der Waals surface area contributed by atoms with E-state index in [1.807, 2.05) is 37.3 Å². The van der Waals surface area contributed by atoms with Crippen molar-refractivity contribution >= 4 is 28.9 Å². The summed E-state index contributed by atoms with van der Waals surface area (Å²) < 4.78 is 5.34. The number of carbonyl (C=O) groups is 1. The average Bonchev–Trinajstić information content (AvgIpc) is 2.48. The summed E-state index contributed by atoms with van der Waals surface area (Å²) in [5.41, 5.74) is 2.47. The van der Waals surface area contributed by atoms with Gasteiger partial charge >= 0.3 is 0 Å². The molecule has 2 heterocycles. The molecule has 1 unspecified atom stereocenters. The smallest absolute Gasteiger partial charge is 0.262 e. The number of anilines is 2. The topological polar surface area (TPSA) is 63.2 Å². The van der Waals surface area contributed by atoms with Crippen molar-refractivity contribution in [3.8, 4) is 5.75 Å². The van der Waals surface area contributed by atoms with E-state index in [0.717, 1.165) is 11.3 Å². The van der Waals surface area contributed by atoms with Crippen molar-refractivity contribution < 1.29 is 9.53 Å². The standard InChI is InChI=1S/C15H14ClN3O2/c1-9(18-11-3-2-6-17-15(11)16)10-4-5-13-12(7-10)19-14(20)8-21-13/h2-7,9,18H,8H2,1H3,(H,19,20). The van der Waals surface area contributed by atoms with Crippen molar-refractivity contribution in [1.29, 1.82) is 0 Å². The Morgan fingerprint density at radius 2 is 2.29 bits per heavy atom. The van der Waals surface area contributed by atoms with Gasteiger partial charge in [-0.1, -0.05) is 17.7 Å². The van der Waals surface area contributed by atoms with Crippen LogP contribution in [-0.2, 0) is 4.79 Å². The first-order valence-corrected chi connectivity index (χ1v) is 6.95. The molecule has 0 bridgehead atoms. The van der Waals surface area contributed by atoms with Gasteiger partial charge in [-0.3, -0.25) is 4.79 Å². The highest BCUT2D eigenvalue weighted by molar-refractivity contribution is 6.31. The molecule has 2 aromatic rings. The van der Waals surface area contributed by atoms with Gasteiger partial charge in [0.25, 0.3) is 5.91 Å². The second-order valence-corrected chi connectivity index (χ2v) is 5.16. The van der Waals surface area contributed by atoms with E-state index >= 15 is 0 Å². The van der Waals surface area contributed by atoms with E-state index in [2.05, 4.69) is 15.6 Å². The van der Waals surface area contributed by atoms with E-state index in [1.54, 1.807) is 6.20 Å². The number of ether oxygens (including phenoxy) is 1. The van der Waals surface area contributed by atoms with Crippen LogP contribution in [-0.4, -0.2) is 17.5 Å². The maximum atomic E-state index is 11.4. The molecule has 2 N–H and O–H groups in total. The van der Waals surface area contributed by atoms with Crippen LogP contribution in [0.25, 0.3) is 0 Å². The van der Waals surface area contributed by atoms with Crippen molar-refractivity contribution in [3.63, 3.8) is 0 Å². The number of pyridine rings is 1. The molecule has 1 atom stereocenters. The molecule has 0 saturated heterocycles. The molecule has 6 heteroatoms. The minimum atomic E-state index is -0.143. The van der Waals surface area contributed by atoms with Crippen LogP contribution in [0.5, 0.6) is 5.75 Å². The molecule has 0 aliphatic carbocycles. The number of hydrogen-bond acceptors (Lipinski definition) is 4. The van der Waals surface area contributed by atoms with Gasteiger partial charge in [-0.05, 0) is 36.8 Å². The molecule has 1 amide bonds. The van der Waals surface area contributed by atoms with E-state index in [9.17, 15) is 4.79 Å². The molecule has 0 saturated carbocycles. The Morgan fingerprint density at radius 3 is 3.10 bits per heavy atom. The van der Waals surface area contributed by atoms with Gasteiger partial charge in [-0.25, -0.2) is 4.98 Å². The van der Waals surface area contributed by atoms with Crippen molar-refractivity contribution in [1.82, 2.24) is 4.98 Å². The summed E-state index contributed by atoms with van der Waals surface area (Å²) in [5.74, 6) is 0.542. The van der Waals surface area contributed by atoms with E-state index < -0.39 is 0 Å². The van der Waals surface area contributed by atoms with Crippen molar-refractivity contribution in [2.24, 2.45) is 0 Å². The van der Waals surface area contributed by atoms with Gasteiger partial charge in [-0.15, -0.1) is 0 Å². The maximum Gasteiger partial charge on any atom is 0.262 e. The minimum absolute atomic E-state index is 0.0100. The lowest BCUT2D eigenvalue weighted by molar-refractivity contribution is -0.118. The molecule has 1 aliphatic rings. The summed E-state index contributed by atoms with van der Waals surface area (Å²) in [6, 6.07) is 9.41. The summed E-state index contributed by atoms with van der Waals surface area (Å²) in [7, 11) is 0. The Morgan fingerprint density at radius 1 is 1.43 bits per heavy atom. The quantitative estimate of drug-likeness (QED) is 0.855. The Labute approximate surface area is 127 Å². The number of carbonyl (C=O) groups excluding carboxylic acids is 1. The zero-order chi connectivity index (χ0) is 14.8. The first-order valence-electron chi connectivity index (χ1n) is 6.57. The second-order valence-electron chi connectivity index (χ2n) is 4.80. The number of nitrogens with zero attached hydrogens (tertiary/aromatic N) is 1. The van der Waals surface area contributed by atoms with Crippen LogP contribution >= 0.6 is 11.6 Å². The van der Waals surface area contributed by atoms with Gasteiger partial charge in [0.2, 0.25) is 0 Å². The van der Waals surface area contributed by atoms with Gasteiger partial charge in [0, 0.05) is 12.2 Å². The maximum absolute atomic E-state index is 11.4. The molecule has 108 valence electrons. The molecule has 21 heavy (non-hydrogen) atoms. The second kappa shape index (κ2) is 5.61. The zero-order valence-electron chi connectivity index (χ0n) is 11.4. The fourth-order valence-corrected chi connectivity index (χ4v) is 2.35. The zero-order valence-corrected chi connectivity index (χ0v) is 12.1. The number of aromatic nitrogens is 1. The molecule has 3 rings (SSSR count). The molecule has 5 nitrogen and oxygen atoms in total. The van der Waals surface area contributed by atoms with Crippen LogP contribution in [0.3, 0.4) is 0 Å². The molecule has 0 spiro atoms. The lowest BCUT2D eigenvalue weighted by atomic mass is 10.1. The monoisotopic (exact) mass is 303 g/mol. The molecule has 0 radical (unpaired) electrons. The number of fused-ring (bicyclic) bond motifs is 1. The van der Waals surface area contributed by atoms with Crippen LogP contribution in [0, 0.1) is 0 Å². The van der Waals surface area contributed by atoms with Gasteiger partial charge in [0.1, 0.15) is 5.75 Å². The summed E-state index contributed by atoms with van der Waals surface area (Å²) in [6.45, 7) is 2.07. The van der Waals surface area contributed by atoms with Crippen molar-refractivity contribution in [3.05, 3.63) is 47.2 Å². The highest BCUT2D eigenvalue weighted by atomic mass is 35.5. The van der Waals surface area contributed by atoms with E-state index in [1.165, 1.54) is 0 Å². The highest BCUT2D eigenvalue weighted by Gasteiger charge is 2.17. The Kier molecular flexibility index (Phi) is 3.66. The molecule has 0 fully saturated rings. The molecule has 1 aromatic heterocycles. The average molecular weight is 304 g/mol. The lowest BCUT2D eigenvalue weighted by Crippen LogP contribution is -2.25. The van der Waals surface area contributed by atoms with Gasteiger partial charge in [0.05, 0.1) is 11.4 Å². The van der Waals surface area contributed by atoms with Gasteiger partial charge in [0.15, 0.2) is 11.8 Å². The summed E-state index contributed by atoms with van der Waals surface area (Å²) in [6.07, 6.45) is 1.64. The third-order valence-corrected chi connectivity index (χ3v) is 3.57. The summed E-state index contributed by atoms with van der Waals surface area (Å²) in [4.78, 5) is 15.4. The van der Waals surface area contributed by atoms with Crippen LogP contribution in [0.2, 0.25) is 5.15 Å². The largest absolute Gasteiger partial charge is 0.482 e. The number of nitrogens with one attached hydrogen (secondary N) is 2. The van der Waals surface area contributed by atoms with Crippen LogP contribution in [0.4, 0.5) is 11.4 Å². The first kappa shape index (κ1) is 13.7. The molecular formula is C15H14ClN3O2. The third kappa shape index (κ3) is 2.92. The Bertz CT molecular complexity index is 690. The van der Waals surface area contributed by atoms with Gasteiger partial charge in [-0.2, -0.15) is 0 Å². The molecular weight excluding hydrogens is 290 g/mol. The molecule has 1 aliphatic heterocycles. The lowest BCUT2D eigenvalue weighted by Gasteiger charge is -2.21. The SMILES string of the molecule is CC(Nc1cccnc1Cl)c1ccc2c(c1)NC(=O)CO2. The van der Waals surface area contributed by atoms with Gasteiger partial charge < -0.3 is 15.4 Å². The fraction of sp³-hybridized carbons (Fsp3) is 0.200. The predicted molar refractivity (Wildman–Crippen MR) is 81.9 cm³/mol. The number of amides is 1. The number of hydrogen-bond donors (Lipinski definition) is 2. The Hall–Kier alpha value is -2.27. The number of benzene rings is 1. The summed E-state index contributed by atoms with van der Waals surface area (Å²) in [5, 5.41) is 6.53. The normalized spacial score (nSPS) is 14.7.